The quantitative estimate of drug-likeness (QED) is 0.515. The number of carbonyl (C=O) groups excluding carboxylic acids is 1. The van der Waals surface area contributed by atoms with Crippen LogP contribution in [0.2, 0.25) is 10.0 Å². The maximum atomic E-state index is 13.6. The highest BCUT2D eigenvalue weighted by Crippen LogP contribution is 2.41. The molecule has 0 unspecified atom stereocenters. The summed E-state index contributed by atoms with van der Waals surface area (Å²) >= 11 is 12.3. The third-order valence-corrected chi connectivity index (χ3v) is 6.37. The summed E-state index contributed by atoms with van der Waals surface area (Å²) < 4.78 is 5.92. The molecular formula is C24H19Cl2N3O4. The van der Waals surface area contributed by atoms with E-state index >= 15 is 0 Å². The van der Waals surface area contributed by atoms with Crippen molar-refractivity contribution in [3.63, 3.8) is 0 Å². The normalized spacial score (nSPS) is 15.2. The van der Waals surface area contributed by atoms with Crippen molar-refractivity contribution in [1.82, 2.24) is 4.98 Å². The molecule has 0 spiro atoms. The smallest absolute Gasteiger partial charge is 0.337 e. The minimum Gasteiger partial charge on any atom is -0.478 e. The van der Waals surface area contributed by atoms with Crippen molar-refractivity contribution in [1.29, 1.82) is 0 Å². The Morgan fingerprint density at radius 3 is 2.45 bits per heavy atom. The maximum Gasteiger partial charge on any atom is 0.337 e. The predicted octanol–water partition coefficient (Wildman–Crippen LogP) is 5.51. The topological polar surface area (TPSA) is 83.0 Å². The lowest BCUT2D eigenvalue weighted by Crippen LogP contribution is -2.45. The average Bonchev–Trinajstić information content (AvgIpc) is 3.65. The van der Waals surface area contributed by atoms with Gasteiger partial charge in [0.2, 0.25) is 0 Å². The van der Waals surface area contributed by atoms with E-state index in [1.165, 1.54) is 37.4 Å². The number of hydrogen-bond acceptors (Lipinski definition) is 5. The lowest BCUT2D eigenvalue weighted by molar-refractivity contribution is 0.0697. The molecule has 0 radical (unpaired) electrons. The van der Waals surface area contributed by atoms with E-state index in [0.29, 0.717) is 12.6 Å². The van der Waals surface area contributed by atoms with Gasteiger partial charge in [0.25, 0.3) is 5.91 Å². The van der Waals surface area contributed by atoms with Crippen molar-refractivity contribution in [3.05, 3.63) is 76.0 Å². The van der Waals surface area contributed by atoms with Crippen molar-refractivity contribution in [2.24, 2.45) is 0 Å². The van der Waals surface area contributed by atoms with Gasteiger partial charge in [-0.15, -0.1) is 0 Å². The fraction of sp³-hybridized carbons (Fsp3) is 0.208. The molecule has 5 rings (SSSR count). The second-order valence-electron chi connectivity index (χ2n) is 7.91. The number of carboxylic acid groups (broad SMARTS) is 1. The zero-order valence-electron chi connectivity index (χ0n) is 17.4. The van der Waals surface area contributed by atoms with Crippen LogP contribution >= 0.6 is 23.2 Å². The standard InChI is InChI=1S/C24H19Cl2N3O4/c25-17-12-22(18(26)11-15(17)24(31)32)33-21-7-8-27-13-16(21)23(30)29-10-9-28(14-5-6-14)19-3-1-2-4-20(19)29/h1-4,7-8,11-14H,5-6,9-10H2,(H,31,32). The first kappa shape index (κ1) is 21.6. The summed E-state index contributed by atoms with van der Waals surface area (Å²) in [6.45, 7) is 1.29. The zero-order valence-corrected chi connectivity index (χ0v) is 18.9. The summed E-state index contributed by atoms with van der Waals surface area (Å²) in [6, 6.07) is 12.5. The number of carbonyl (C=O) groups is 2. The molecule has 1 saturated carbocycles. The number of hydrogen-bond donors (Lipinski definition) is 1. The summed E-state index contributed by atoms with van der Waals surface area (Å²) in [7, 11) is 0. The van der Waals surface area contributed by atoms with Crippen LogP contribution in [0.5, 0.6) is 11.5 Å². The second kappa shape index (κ2) is 8.57. The van der Waals surface area contributed by atoms with Gasteiger partial charge >= 0.3 is 5.97 Å². The number of benzene rings is 2. The number of para-hydroxylation sites is 2. The summed E-state index contributed by atoms with van der Waals surface area (Å²) in [6.07, 6.45) is 5.31. The molecule has 9 heteroatoms. The number of aromatic carboxylic acids is 1. The van der Waals surface area contributed by atoms with Crippen molar-refractivity contribution < 1.29 is 19.4 Å². The van der Waals surface area contributed by atoms with Gasteiger partial charge in [-0.3, -0.25) is 9.78 Å². The Balaban J connectivity index is 1.47. The molecule has 2 aliphatic rings. The Labute approximate surface area is 200 Å². The van der Waals surface area contributed by atoms with Gasteiger partial charge in [0.15, 0.2) is 0 Å². The molecule has 0 bridgehead atoms. The summed E-state index contributed by atoms with van der Waals surface area (Å²) in [5.41, 5.74) is 2.03. The van der Waals surface area contributed by atoms with Crippen LogP contribution in [0.25, 0.3) is 0 Å². The Kier molecular flexibility index (Phi) is 5.60. The number of amides is 1. The molecule has 1 amide bonds. The Bertz CT molecular complexity index is 1260. The average molecular weight is 484 g/mol. The molecule has 1 N–H and O–H groups in total. The van der Waals surface area contributed by atoms with Crippen molar-refractivity contribution in [3.8, 4) is 11.5 Å². The molecule has 0 saturated heterocycles. The van der Waals surface area contributed by atoms with Crippen LogP contribution in [0.3, 0.4) is 0 Å². The van der Waals surface area contributed by atoms with E-state index in [1.54, 1.807) is 11.0 Å². The van der Waals surface area contributed by atoms with Gasteiger partial charge in [0.05, 0.1) is 27.0 Å². The number of halogens is 2. The number of nitrogens with zero attached hydrogens (tertiary/aromatic N) is 3. The van der Waals surface area contributed by atoms with E-state index in [1.807, 2.05) is 24.3 Å². The third-order valence-electron chi connectivity index (χ3n) is 5.76. The van der Waals surface area contributed by atoms with Gasteiger partial charge < -0.3 is 19.6 Å². The molecule has 2 aromatic carbocycles. The van der Waals surface area contributed by atoms with E-state index < -0.39 is 5.97 Å². The van der Waals surface area contributed by atoms with Gasteiger partial charge in [-0.2, -0.15) is 0 Å². The molecule has 1 fully saturated rings. The van der Waals surface area contributed by atoms with Crippen molar-refractivity contribution >= 4 is 46.5 Å². The highest BCUT2D eigenvalue weighted by Gasteiger charge is 2.36. The number of carboxylic acids is 1. The SMILES string of the molecule is O=C(O)c1cc(Cl)c(Oc2ccncc2C(=O)N2CCN(C3CC3)c3ccccc32)cc1Cl. The number of aromatic nitrogens is 1. The van der Waals surface area contributed by atoms with Crippen LogP contribution in [0, 0.1) is 0 Å². The van der Waals surface area contributed by atoms with Gasteiger partial charge in [0, 0.05) is 37.6 Å². The van der Waals surface area contributed by atoms with E-state index in [4.69, 9.17) is 27.9 Å². The molecule has 2 heterocycles. The Morgan fingerprint density at radius 1 is 0.970 bits per heavy atom. The van der Waals surface area contributed by atoms with Crippen LogP contribution in [-0.2, 0) is 0 Å². The molecule has 1 aliphatic heterocycles. The highest BCUT2D eigenvalue weighted by atomic mass is 35.5. The monoisotopic (exact) mass is 483 g/mol. The van der Waals surface area contributed by atoms with Gasteiger partial charge in [-0.1, -0.05) is 35.3 Å². The first-order valence-corrected chi connectivity index (χ1v) is 11.2. The molecule has 33 heavy (non-hydrogen) atoms. The van der Waals surface area contributed by atoms with Gasteiger partial charge in [-0.25, -0.2) is 4.79 Å². The molecular weight excluding hydrogens is 465 g/mol. The van der Waals surface area contributed by atoms with Crippen LogP contribution < -0.4 is 14.5 Å². The van der Waals surface area contributed by atoms with E-state index in [-0.39, 0.29) is 38.6 Å². The van der Waals surface area contributed by atoms with Crippen LogP contribution in [-0.4, -0.2) is 41.1 Å². The molecule has 168 valence electrons. The molecule has 1 aliphatic carbocycles. The number of rotatable bonds is 5. The van der Waals surface area contributed by atoms with Crippen LogP contribution in [0.1, 0.15) is 33.6 Å². The zero-order chi connectivity index (χ0) is 23.1. The second-order valence-corrected chi connectivity index (χ2v) is 8.73. The third kappa shape index (κ3) is 4.10. The Morgan fingerprint density at radius 2 is 1.73 bits per heavy atom. The van der Waals surface area contributed by atoms with E-state index in [2.05, 4.69) is 9.88 Å². The number of ether oxygens (including phenoxy) is 1. The van der Waals surface area contributed by atoms with Gasteiger partial charge in [-0.05, 0) is 37.1 Å². The van der Waals surface area contributed by atoms with Crippen LogP contribution in [0.4, 0.5) is 11.4 Å². The molecule has 1 aromatic heterocycles. The summed E-state index contributed by atoms with van der Waals surface area (Å²) in [5, 5.41) is 9.27. The fourth-order valence-electron chi connectivity index (χ4n) is 4.03. The fourth-order valence-corrected chi connectivity index (χ4v) is 4.46. The van der Waals surface area contributed by atoms with Gasteiger partial charge in [0.1, 0.15) is 17.1 Å². The first-order valence-electron chi connectivity index (χ1n) is 10.5. The predicted molar refractivity (Wildman–Crippen MR) is 126 cm³/mol. The number of anilines is 2. The lowest BCUT2D eigenvalue weighted by Gasteiger charge is -2.38. The van der Waals surface area contributed by atoms with E-state index in [0.717, 1.165) is 17.9 Å². The molecule has 3 aromatic rings. The van der Waals surface area contributed by atoms with E-state index in [9.17, 15) is 14.7 Å². The number of pyridine rings is 1. The molecule has 7 nitrogen and oxygen atoms in total. The number of fused-ring (bicyclic) bond motifs is 1. The first-order chi connectivity index (χ1) is 15.9. The van der Waals surface area contributed by atoms with Crippen molar-refractivity contribution in [2.45, 2.75) is 18.9 Å². The maximum absolute atomic E-state index is 13.6. The van der Waals surface area contributed by atoms with Crippen LogP contribution in [0.15, 0.2) is 54.9 Å². The Hall–Kier alpha value is -3.29. The summed E-state index contributed by atoms with van der Waals surface area (Å²) in [5.74, 6) is -1.05. The lowest BCUT2D eigenvalue weighted by atomic mass is 10.1. The highest BCUT2D eigenvalue weighted by molar-refractivity contribution is 6.36. The molecule has 0 atom stereocenters. The largest absolute Gasteiger partial charge is 0.478 e. The minimum atomic E-state index is -1.20. The summed E-state index contributed by atoms with van der Waals surface area (Å²) in [4.78, 5) is 33.1. The minimum absolute atomic E-state index is 0.0195. The van der Waals surface area contributed by atoms with Crippen molar-refractivity contribution in [2.75, 3.05) is 22.9 Å².